The molecule has 8 heteroatoms. The molecule has 1 aliphatic rings. The van der Waals surface area contributed by atoms with E-state index < -0.39 is 14.4 Å². The predicted molar refractivity (Wildman–Crippen MR) is 236 cm³/mol. The number of ketones is 1. The first-order valence-corrected chi connectivity index (χ1v) is 22.0. The zero-order chi connectivity index (χ0) is 41.2. The summed E-state index contributed by atoms with van der Waals surface area (Å²) in [6.07, 6.45) is 0.735. The molecular weight excluding hydrogens is 753 g/mol. The third-order valence-electron chi connectivity index (χ3n) is 10.8. The minimum atomic E-state index is -2.85. The smallest absolute Gasteiger partial charge is 0.261 e. The van der Waals surface area contributed by atoms with Gasteiger partial charge >= 0.3 is 0 Å². The summed E-state index contributed by atoms with van der Waals surface area (Å²) < 4.78 is 32.3. The van der Waals surface area contributed by atoms with Crippen molar-refractivity contribution in [2.75, 3.05) is 13.7 Å². The van der Waals surface area contributed by atoms with Crippen LogP contribution in [0, 0.1) is 0 Å². The highest BCUT2D eigenvalue weighted by atomic mass is 28.4. The van der Waals surface area contributed by atoms with E-state index in [1.165, 1.54) is 10.4 Å². The Bertz CT molecular complexity index is 2300. The van der Waals surface area contributed by atoms with Crippen molar-refractivity contribution < 1.29 is 33.3 Å². The van der Waals surface area contributed by atoms with Crippen molar-refractivity contribution in [1.82, 2.24) is 0 Å². The molecule has 1 atom stereocenters. The largest absolute Gasteiger partial charge is 0.492 e. The van der Waals surface area contributed by atoms with Gasteiger partial charge in [0.1, 0.15) is 37.1 Å². The number of hydrogen-bond acceptors (Lipinski definition) is 7. The Hall–Kier alpha value is -5.93. The Kier molecular flexibility index (Phi) is 13.1. The third-order valence-corrected chi connectivity index (χ3v) is 15.8. The van der Waals surface area contributed by atoms with E-state index >= 15 is 0 Å². The summed E-state index contributed by atoms with van der Waals surface area (Å²) in [6.45, 7) is 7.82. The number of benzene rings is 6. The molecule has 1 unspecified atom stereocenters. The Morgan fingerprint density at radius 3 is 1.83 bits per heavy atom. The first kappa shape index (κ1) is 41.2. The van der Waals surface area contributed by atoms with Crippen LogP contribution in [0.25, 0.3) is 6.08 Å². The van der Waals surface area contributed by atoms with E-state index in [-0.39, 0.29) is 43.5 Å². The maximum absolute atomic E-state index is 13.8. The normalized spacial score (nSPS) is 13.1. The minimum absolute atomic E-state index is 0.0990. The Labute approximate surface area is 349 Å². The number of rotatable bonds is 17. The molecule has 7 nitrogen and oxygen atoms in total. The van der Waals surface area contributed by atoms with E-state index in [2.05, 4.69) is 69.3 Å². The molecule has 1 N–H and O–H groups in total. The number of hydrogen-bond donors (Lipinski definition) is 1. The van der Waals surface area contributed by atoms with Gasteiger partial charge in [-0.05, 0) is 50.3 Å². The van der Waals surface area contributed by atoms with Crippen molar-refractivity contribution in [3.8, 4) is 17.2 Å². The van der Waals surface area contributed by atoms with E-state index in [1.54, 1.807) is 7.11 Å². The van der Waals surface area contributed by atoms with E-state index in [4.69, 9.17) is 23.4 Å². The quantitative estimate of drug-likeness (QED) is 0.0921. The van der Waals surface area contributed by atoms with Crippen LogP contribution in [0.3, 0.4) is 0 Å². The van der Waals surface area contributed by atoms with Gasteiger partial charge in [0.2, 0.25) is 0 Å². The second-order valence-corrected chi connectivity index (χ2v) is 20.1. The van der Waals surface area contributed by atoms with Crippen molar-refractivity contribution in [2.45, 2.75) is 64.6 Å². The molecule has 6 aromatic carbocycles. The van der Waals surface area contributed by atoms with Crippen LogP contribution in [-0.2, 0) is 40.2 Å². The number of aliphatic hydroxyl groups is 1. The molecule has 7 rings (SSSR count). The SMILES string of the molecule is COc1c2c(cc(C(O)CC(=O)Cc3ccccc3OCc3ccccc3)c1OCc1ccccc1)C=C(CO[Si](c1ccccc1)(c1ccccc1)C(C)(C)C)OC2. The molecular formula is C51H52O7Si. The molecule has 1 heterocycles. The number of fused-ring (bicyclic) bond motifs is 1. The van der Waals surface area contributed by atoms with Gasteiger partial charge in [-0.1, -0.05) is 160 Å². The predicted octanol–water partition coefficient (Wildman–Crippen LogP) is 9.54. The van der Waals surface area contributed by atoms with Gasteiger partial charge in [0, 0.05) is 29.5 Å². The van der Waals surface area contributed by atoms with E-state index in [0.717, 1.165) is 27.8 Å². The summed E-state index contributed by atoms with van der Waals surface area (Å²) in [5.74, 6) is 2.00. The second kappa shape index (κ2) is 18.8. The van der Waals surface area contributed by atoms with Gasteiger partial charge in [0.15, 0.2) is 11.5 Å². The standard InChI is InChI=1S/C51H52O7Si/c1-51(2,3)59(43-24-13-7-14-25-43,44-26-15-8-16-27-44)58-35-42-30-40-31-45(50(49(54-4)46(40)36-55-42)57-34-38-21-11-6-12-22-38)47(53)32-41(52)29-39-23-17-18-28-48(39)56-33-37-19-9-5-10-20-37/h5-28,30-31,47,53H,29,32-36H2,1-4H3. The summed E-state index contributed by atoms with van der Waals surface area (Å²) in [4.78, 5) is 13.8. The van der Waals surface area contributed by atoms with Crippen LogP contribution >= 0.6 is 0 Å². The van der Waals surface area contributed by atoms with Crippen molar-refractivity contribution in [3.63, 3.8) is 0 Å². The van der Waals surface area contributed by atoms with Gasteiger partial charge in [-0.15, -0.1) is 0 Å². The summed E-state index contributed by atoms with van der Waals surface area (Å²) in [5, 5.41) is 14.1. The van der Waals surface area contributed by atoms with Crippen molar-refractivity contribution in [2.24, 2.45) is 0 Å². The Morgan fingerprint density at radius 2 is 1.25 bits per heavy atom. The number of ether oxygens (including phenoxy) is 4. The molecule has 0 aliphatic carbocycles. The van der Waals surface area contributed by atoms with Gasteiger partial charge in [-0.2, -0.15) is 0 Å². The molecule has 1 aliphatic heterocycles. The van der Waals surface area contributed by atoms with Crippen LogP contribution in [-0.4, -0.2) is 32.9 Å². The van der Waals surface area contributed by atoms with Crippen LogP contribution in [0.1, 0.15) is 66.7 Å². The zero-order valence-electron chi connectivity index (χ0n) is 34.2. The topological polar surface area (TPSA) is 83.5 Å². The lowest BCUT2D eigenvalue weighted by atomic mass is 9.93. The van der Waals surface area contributed by atoms with Crippen molar-refractivity contribution in [3.05, 3.63) is 191 Å². The molecule has 0 spiro atoms. The maximum atomic E-state index is 13.8. The minimum Gasteiger partial charge on any atom is -0.492 e. The molecule has 0 radical (unpaired) electrons. The summed E-state index contributed by atoms with van der Waals surface area (Å²) in [7, 11) is -1.27. The Balaban J connectivity index is 1.19. The molecule has 0 amide bonds. The molecule has 0 fully saturated rings. The van der Waals surface area contributed by atoms with Gasteiger partial charge in [-0.25, -0.2) is 0 Å². The fourth-order valence-corrected chi connectivity index (χ4v) is 12.4. The fourth-order valence-electron chi connectivity index (χ4n) is 7.88. The van der Waals surface area contributed by atoms with Crippen LogP contribution < -0.4 is 24.6 Å². The van der Waals surface area contributed by atoms with Crippen LogP contribution in [0.4, 0.5) is 0 Å². The number of carbonyl (C=O) groups excluding carboxylic acids is 1. The molecule has 6 aromatic rings. The van der Waals surface area contributed by atoms with Gasteiger partial charge in [-0.3, -0.25) is 4.79 Å². The van der Waals surface area contributed by atoms with Gasteiger partial charge < -0.3 is 28.5 Å². The lowest BCUT2D eigenvalue weighted by Crippen LogP contribution is -2.66. The lowest BCUT2D eigenvalue weighted by Gasteiger charge is -2.43. The molecule has 0 aromatic heterocycles. The highest BCUT2D eigenvalue weighted by molar-refractivity contribution is 6.99. The van der Waals surface area contributed by atoms with Crippen molar-refractivity contribution in [1.29, 1.82) is 0 Å². The molecule has 0 saturated heterocycles. The highest BCUT2D eigenvalue weighted by Crippen LogP contribution is 2.45. The van der Waals surface area contributed by atoms with Crippen LogP contribution in [0.15, 0.2) is 157 Å². The van der Waals surface area contributed by atoms with Crippen LogP contribution in [0.2, 0.25) is 5.04 Å². The molecule has 0 bridgehead atoms. The summed E-state index contributed by atoms with van der Waals surface area (Å²) in [5.41, 5.74) is 4.80. The first-order valence-electron chi connectivity index (χ1n) is 20.1. The summed E-state index contributed by atoms with van der Waals surface area (Å²) in [6, 6.07) is 50.2. The number of aliphatic hydroxyl groups excluding tert-OH is 1. The molecule has 0 saturated carbocycles. The second-order valence-electron chi connectivity index (χ2n) is 15.8. The van der Waals surface area contributed by atoms with Crippen LogP contribution in [0.5, 0.6) is 17.2 Å². The summed E-state index contributed by atoms with van der Waals surface area (Å²) >= 11 is 0. The van der Waals surface area contributed by atoms with E-state index in [0.29, 0.717) is 35.2 Å². The van der Waals surface area contributed by atoms with E-state index in [9.17, 15) is 9.90 Å². The Morgan fingerprint density at radius 1 is 0.712 bits per heavy atom. The number of para-hydroxylation sites is 1. The maximum Gasteiger partial charge on any atom is 0.261 e. The van der Waals surface area contributed by atoms with Crippen molar-refractivity contribution >= 4 is 30.6 Å². The van der Waals surface area contributed by atoms with Gasteiger partial charge in [0.05, 0.1) is 19.8 Å². The lowest BCUT2D eigenvalue weighted by molar-refractivity contribution is -0.120. The van der Waals surface area contributed by atoms with E-state index in [1.807, 2.05) is 109 Å². The average Bonchev–Trinajstić information content (AvgIpc) is 3.26. The molecule has 302 valence electrons. The number of carbonyl (C=O) groups is 1. The number of Topliss-reactive ketones (excluding diaryl/α,β-unsaturated/α-hetero) is 1. The average molecular weight is 805 g/mol. The van der Waals surface area contributed by atoms with Gasteiger partial charge in [0.25, 0.3) is 8.32 Å². The molecule has 59 heavy (non-hydrogen) atoms. The highest BCUT2D eigenvalue weighted by Gasteiger charge is 2.50. The zero-order valence-corrected chi connectivity index (χ0v) is 35.2. The number of methoxy groups -OCH3 is 1. The monoisotopic (exact) mass is 804 g/mol. The fraction of sp³-hybridized carbons (Fsp3) is 0.235. The first-order chi connectivity index (χ1) is 28.7. The third kappa shape index (κ3) is 9.52.